The second-order valence-corrected chi connectivity index (χ2v) is 7.60. The lowest BCUT2D eigenvalue weighted by Gasteiger charge is -2.21. The van der Waals surface area contributed by atoms with Crippen molar-refractivity contribution in [3.63, 3.8) is 0 Å². The van der Waals surface area contributed by atoms with Crippen LogP contribution in [0.15, 0.2) is 12.3 Å². The van der Waals surface area contributed by atoms with Crippen LogP contribution in [0.2, 0.25) is 0 Å². The first-order chi connectivity index (χ1) is 14.1. The number of methoxy groups -OCH3 is 1. The lowest BCUT2D eigenvalue weighted by Crippen LogP contribution is -2.52. The van der Waals surface area contributed by atoms with Crippen molar-refractivity contribution in [3.05, 3.63) is 18.0 Å². The molecule has 0 aromatic carbocycles. The number of anilines is 1. The van der Waals surface area contributed by atoms with Gasteiger partial charge in [0.15, 0.2) is 0 Å². The molecular weight excluding hydrogens is 394 g/mol. The SMILES string of the molecule is COc1cc(C(=O)NC2CCC(=O)NC2=O)ncc1NCCNC(=O)OC(C)(C)C. The second kappa shape index (κ2) is 9.90. The number of hydrogen-bond donors (Lipinski definition) is 4. The molecule has 2 rings (SSSR count). The number of imide groups is 1. The molecule has 1 aliphatic heterocycles. The van der Waals surface area contributed by atoms with E-state index in [4.69, 9.17) is 9.47 Å². The van der Waals surface area contributed by atoms with Crippen molar-refractivity contribution < 1.29 is 28.7 Å². The average molecular weight is 421 g/mol. The van der Waals surface area contributed by atoms with Crippen LogP contribution in [0, 0.1) is 0 Å². The number of aromatic nitrogens is 1. The highest BCUT2D eigenvalue weighted by Gasteiger charge is 2.28. The Bertz CT molecular complexity index is 820. The maximum absolute atomic E-state index is 12.4. The molecule has 1 fully saturated rings. The largest absolute Gasteiger partial charge is 0.494 e. The van der Waals surface area contributed by atoms with Gasteiger partial charge in [0.1, 0.15) is 23.1 Å². The van der Waals surface area contributed by atoms with E-state index in [1.165, 1.54) is 19.4 Å². The van der Waals surface area contributed by atoms with Gasteiger partial charge in [-0.1, -0.05) is 0 Å². The van der Waals surface area contributed by atoms with Crippen LogP contribution in [0.5, 0.6) is 5.75 Å². The minimum Gasteiger partial charge on any atom is -0.494 e. The Kier molecular flexibility index (Phi) is 7.56. The number of hydrogen-bond acceptors (Lipinski definition) is 8. The van der Waals surface area contributed by atoms with E-state index < -0.39 is 29.6 Å². The molecular formula is C19H27N5O6. The van der Waals surface area contributed by atoms with E-state index in [2.05, 4.69) is 26.3 Å². The van der Waals surface area contributed by atoms with E-state index in [0.717, 1.165) is 0 Å². The predicted molar refractivity (Wildman–Crippen MR) is 107 cm³/mol. The minimum absolute atomic E-state index is 0.0639. The van der Waals surface area contributed by atoms with Crippen LogP contribution >= 0.6 is 0 Å². The molecule has 1 aromatic rings. The topological polar surface area (TPSA) is 148 Å². The van der Waals surface area contributed by atoms with Crippen molar-refractivity contribution in [1.82, 2.24) is 20.9 Å². The fraction of sp³-hybridized carbons (Fsp3) is 0.526. The molecule has 1 atom stereocenters. The Labute approximate surface area is 174 Å². The van der Waals surface area contributed by atoms with Gasteiger partial charge in [0, 0.05) is 25.6 Å². The zero-order valence-corrected chi connectivity index (χ0v) is 17.5. The van der Waals surface area contributed by atoms with Crippen LogP contribution in [0.1, 0.15) is 44.1 Å². The van der Waals surface area contributed by atoms with Crippen molar-refractivity contribution >= 4 is 29.5 Å². The van der Waals surface area contributed by atoms with Crippen LogP contribution in [0.4, 0.5) is 10.5 Å². The van der Waals surface area contributed by atoms with Gasteiger partial charge in [-0.3, -0.25) is 19.7 Å². The lowest BCUT2D eigenvalue weighted by atomic mass is 10.1. The summed E-state index contributed by atoms with van der Waals surface area (Å²) in [7, 11) is 1.45. The fourth-order valence-corrected chi connectivity index (χ4v) is 2.60. The third-order valence-corrected chi connectivity index (χ3v) is 3.97. The van der Waals surface area contributed by atoms with Gasteiger partial charge in [-0.2, -0.15) is 0 Å². The van der Waals surface area contributed by atoms with Crippen molar-refractivity contribution in [2.24, 2.45) is 0 Å². The molecule has 0 bridgehead atoms. The Balaban J connectivity index is 1.89. The average Bonchev–Trinajstić information content (AvgIpc) is 2.66. The minimum atomic E-state index is -0.792. The van der Waals surface area contributed by atoms with Crippen LogP contribution in [0.3, 0.4) is 0 Å². The van der Waals surface area contributed by atoms with Crippen molar-refractivity contribution in [1.29, 1.82) is 0 Å². The molecule has 1 unspecified atom stereocenters. The normalized spacial score (nSPS) is 16.3. The smallest absolute Gasteiger partial charge is 0.407 e. The first-order valence-electron chi connectivity index (χ1n) is 9.48. The van der Waals surface area contributed by atoms with Gasteiger partial charge < -0.3 is 25.4 Å². The van der Waals surface area contributed by atoms with E-state index in [-0.39, 0.29) is 24.4 Å². The standard InChI is InChI=1S/C19H27N5O6/c1-19(2,3)30-18(28)21-8-7-20-13-10-22-12(9-14(13)29-4)17(27)23-11-5-6-15(25)24-16(11)26/h9-11,20H,5-8H2,1-4H3,(H,21,28)(H,23,27)(H,24,25,26). The van der Waals surface area contributed by atoms with Gasteiger partial charge in [0.05, 0.1) is 19.0 Å². The summed E-state index contributed by atoms with van der Waals surface area (Å²) in [6.07, 6.45) is 1.30. The van der Waals surface area contributed by atoms with Gasteiger partial charge in [-0.05, 0) is 27.2 Å². The van der Waals surface area contributed by atoms with Gasteiger partial charge in [0.2, 0.25) is 11.8 Å². The highest BCUT2D eigenvalue weighted by molar-refractivity contribution is 6.03. The van der Waals surface area contributed by atoms with E-state index in [9.17, 15) is 19.2 Å². The number of alkyl carbamates (subject to hydrolysis) is 1. The summed E-state index contributed by atoms with van der Waals surface area (Å²) in [6.45, 7) is 6.01. The highest BCUT2D eigenvalue weighted by atomic mass is 16.6. The second-order valence-electron chi connectivity index (χ2n) is 7.60. The molecule has 4 N–H and O–H groups in total. The molecule has 1 aromatic heterocycles. The Morgan fingerprint density at radius 2 is 2.00 bits per heavy atom. The van der Waals surface area contributed by atoms with Gasteiger partial charge in [0.25, 0.3) is 5.91 Å². The van der Waals surface area contributed by atoms with Gasteiger partial charge in [-0.15, -0.1) is 0 Å². The molecule has 1 aliphatic rings. The summed E-state index contributed by atoms with van der Waals surface area (Å²) < 4.78 is 10.4. The number of nitrogens with zero attached hydrogens (tertiary/aromatic N) is 1. The number of rotatable bonds is 7. The molecule has 2 heterocycles. The van der Waals surface area contributed by atoms with Crippen LogP contribution in [0.25, 0.3) is 0 Å². The number of carbonyl (C=O) groups excluding carboxylic acids is 4. The molecule has 0 spiro atoms. The third-order valence-electron chi connectivity index (χ3n) is 3.97. The molecule has 11 nitrogen and oxygen atoms in total. The molecule has 4 amide bonds. The number of nitrogens with one attached hydrogen (secondary N) is 4. The molecule has 0 aliphatic carbocycles. The summed E-state index contributed by atoms with van der Waals surface area (Å²) in [4.78, 5) is 51.1. The summed E-state index contributed by atoms with van der Waals surface area (Å²) >= 11 is 0. The molecule has 164 valence electrons. The molecule has 0 radical (unpaired) electrons. The Hall–Kier alpha value is -3.37. The predicted octanol–water partition coefficient (Wildman–Crippen LogP) is 0.562. The van der Waals surface area contributed by atoms with Crippen LogP contribution in [-0.2, 0) is 14.3 Å². The maximum atomic E-state index is 12.4. The molecule has 11 heteroatoms. The van der Waals surface area contributed by atoms with E-state index in [0.29, 0.717) is 24.5 Å². The molecule has 1 saturated heterocycles. The van der Waals surface area contributed by atoms with Crippen LogP contribution < -0.4 is 26.0 Å². The monoisotopic (exact) mass is 421 g/mol. The molecule has 0 saturated carbocycles. The molecule has 30 heavy (non-hydrogen) atoms. The van der Waals surface area contributed by atoms with E-state index in [1.807, 2.05) is 0 Å². The summed E-state index contributed by atoms with van der Waals surface area (Å²) in [6, 6.07) is 0.643. The number of ether oxygens (including phenoxy) is 2. The number of pyridine rings is 1. The number of carbonyl (C=O) groups is 4. The number of amides is 4. The maximum Gasteiger partial charge on any atom is 0.407 e. The first-order valence-corrected chi connectivity index (χ1v) is 9.48. The van der Waals surface area contributed by atoms with Crippen LogP contribution in [-0.4, -0.2) is 60.6 Å². The van der Waals surface area contributed by atoms with E-state index >= 15 is 0 Å². The van der Waals surface area contributed by atoms with Crippen molar-refractivity contribution in [2.75, 3.05) is 25.5 Å². The zero-order valence-electron chi connectivity index (χ0n) is 17.5. The zero-order chi connectivity index (χ0) is 22.3. The van der Waals surface area contributed by atoms with E-state index in [1.54, 1.807) is 20.8 Å². The highest BCUT2D eigenvalue weighted by Crippen LogP contribution is 2.23. The third kappa shape index (κ3) is 6.90. The lowest BCUT2D eigenvalue weighted by molar-refractivity contribution is -0.134. The summed E-state index contributed by atoms with van der Waals surface area (Å²) in [5.41, 5.74) is 0.0181. The summed E-state index contributed by atoms with van der Waals surface area (Å²) in [5, 5.41) is 10.4. The van der Waals surface area contributed by atoms with Crippen molar-refractivity contribution in [2.45, 2.75) is 45.3 Å². The quantitative estimate of drug-likeness (QED) is 0.369. The Morgan fingerprint density at radius 3 is 2.63 bits per heavy atom. The number of piperidine rings is 1. The van der Waals surface area contributed by atoms with Gasteiger partial charge >= 0.3 is 6.09 Å². The fourth-order valence-electron chi connectivity index (χ4n) is 2.60. The summed E-state index contributed by atoms with van der Waals surface area (Å²) in [5.74, 6) is -1.08. The Morgan fingerprint density at radius 1 is 1.27 bits per heavy atom. The van der Waals surface area contributed by atoms with Crippen molar-refractivity contribution in [3.8, 4) is 5.75 Å². The first kappa shape index (κ1) is 22.9. The van der Waals surface area contributed by atoms with Gasteiger partial charge in [-0.25, -0.2) is 9.78 Å².